The maximum Gasteiger partial charge on any atom is 0.252 e. The number of fused-ring (bicyclic) bond motifs is 2. The van der Waals surface area contributed by atoms with Crippen LogP contribution in [0.15, 0.2) is 58.8 Å². The quantitative estimate of drug-likeness (QED) is 0.0460. The average Bonchev–Trinajstić information content (AvgIpc) is 3.25. The standard InChI is InChI=1S/C43H60N12O8/c1-6-7-18-50-54-35-15-14-30(24-47-35)39(59)46-17-10-8-9-13-36(57)51-32-21-29-20-31(22-32)40(60)53-38(27(2)3)43(63)55(5)34(12-11-16-45-26-44)42(62)49-25-37(58)52-33(19-28(4)56)41(61)48-23-29/h6-7,14-15,18,20-22,24,26-27,33-34,38H,8-13,16-17,19,23,25H2,1-5H3,(H2,44,45)(H,46,59)(H,47,54)(H,48,61)(H,49,62)(H,51,57)(H,52,58)(H,53,60)/b7-6+,50-18-/t33-,34-,38?/m0/s1. The number of pyridine rings is 1. The van der Waals surface area contributed by atoms with Crippen LogP contribution in [0.4, 0.5) is 11.5 Å². The highest BCUT2D eigenvalue weighted by Crippen LogP contribution is 2.19. The third kappa shape index (κ3) is 17.5. The Morgan fingerprint density at radius 3 is 2.43 bits per heavy atom. The van der Waals surface area contributed by atoms with E-state index in [0.717, 1.165) is 6.34 Å². The lowest BCUT2D eigenvalue weighted by atomic mass is 9.99. The Kier molecular flexibility index (Phi) is 21.1. The van der Waals surface area contributed by atoms with Gasteiger partial charge in [-0.1, -0.05) is 26.3 Å². The van der Waals surface area contributed by atoms with E-state index in [4.69, 9.17) is 5.73 Å². The molecule has 0 aliphatic carbocycles. The van der Waals surface area contributed by atoms with Crippen molar-refractivity contribution in [2.45, 2.75) is 97.3 Å². The van der Waals surface area contributed by atoms with Crippen LogP contribution < -0.4 is 43.1 Å². The molecule has 340 valence electrons. The van der Waals surface area contributed by atoms with E-state index in [9.17, 15) is 38.4 Å². The number of unbranched alkanes of at least 4 members (excludes halogenated alkanes) is 2. The molecule has 2 bridgehead atoms. The molecule has 1 aliphatic rings. The molecule has 1 aromatic carbocycles. The van der Waals surface area contributed by atoms with Gasteiger partial charge in [-0.25, -0.2) is 4.98 Å². The summed E-state index contributed by atoms with van der Waals surface area (Å²) < 4.78 is 0. The van der Waals surface area contributed by atoms with Gasteiger partial charge in [0.25, 0.3) is 11.8 Å². The van der Waals surface area contributed by atoms with Crippen molar-refractivity contribution >= 4 is 71.2 Å². The molecule has 63 heavy (non-hydrogen) atoms. The molecule has 7 amide bonds. The molecule has 0 spiro atoms. The maximum absolute atomic E-state index is 14.0. The molecule has 9 N–H and O–H groups in total. The molecule has 3 atom stereocenters. The Bertz CT molecular complexity index is 2020. The molecule has 2 heterocycles. The molecule has 1 unspecified atom stereocenters. The van der Waals surface area contributed by atoms with Crippen molar-refractivity contribution in [3.05, 3.63) is 65.4 Å². The third-order valence-electron chi connectivity index (χ3n) is 9.70. The smallest absolute Gasteiger partial charge is 0.252 e. The monoisotopic (exact) mass is 872 g/mol. The fourth-order valence-corrected chi connectivity index (χ4v) is 6.34. The molecule has 20 heteroatoms. The van der Waals surface area contributed by atoms with Gasteiger partial charge in [-0.3, -0.25) is 48.8 Å². The molecule has 3 rings (SSSR count). The second kappa shape index (κ2) is 26.4. The van der Waals surface area contributed by atoms with E-state index in [0.29, 0.717) is 49.2 Å². The first kappa shape index (κ1) is 50.4. The highest BCUT2D eigenvalue weighted by Gasteiger charge is 2.34. The van der Waals surface area contributed by atoms with Gasteiger partial charge in [-0.05, 0) is 87.4 Å². The van der Waals surface area contributed by atoms with Crippen molar-refractivity contribution in [2.75, 3.05) is 37.4 Å². The van der Waals surface area contributed by atoms with E-state index in [1.807, 2.05) is 13.0 Å². The van der Waals surface area contributed by atoms with Gasteiger partial charge < -0.3 is 42.5 Å². The number of nitrogens with zero attached hydrogens (tertiary/aromatic N) is 4. The fraction of sp³-hybridized carbons (Fsp3) is 0.465. The molecule has 0 saturated carbocycles. The summed E-state index contributed by atoms with van der Waals surface area (Å²) in [5.74, 6) is -4.27. The summed E-state index contributed by atoms with van der Waals surface area (Å²) in [6, 6.07) is 4.33. The summed E-state index contributed by atoms with van der Waals surface area (Å²) in [5, 5.41) is 20.1. The van der Waals surface area contributed by atoms with Crippen LogP contribution in [0.1, 0.15) is 98.9 Å². The van der Waals surface area contributed by atoms with Crippen molar-refractivity contribution in [1.29, 1.82) is 0 Å². The van der Waals surface area contributed by atoms with Gasteiger partial charge in [0.1, 0.15) is 29.7 Å². The van der Waals surface area contributed by atoms with E-state index in [1.165, 1.54) is 37.2 Å². The maximum atomic E-state index is 14.0. The van der Waals surface area contributed by atoms with Crippen molar-refractivity contribution in [2.24, 2.45) is 21.7 Å². The number of allylic oxidation sites excluding steroid dienone is 2. The number of aliphatic imine (C=N–C) groups is 1. The van der Waals surface area contributed by atoms with Gasteiger partial charge in [-0.2, -0.15) is 5.10 Å². The molecular formula is C43H60N12O8. The largest absolute Gasteiger partial charge is 0.390 e. The van der Waals surface area contributed by atoms with Crippen LogP contribution in [0.3, 0.4) is 0 Å². The predicted octanol–water partition coefficient (Wildman–Crippen LogP) is 1.54. The minimum atomic E-state index is -1.29. The number of benzene rings is 1. The van der Waals surface area contributed by atoms with Crippen molar-refractivity contribution < 1.29 is 38.4 Å². The number of ketones is 1. The number of anilines is 2. The van der Waals surface area contributed by atoms with Crippen LogP contribution in [0.5, 0.6) is 0 Å². The summed E-state index contributed by atoms with van der Waals surface area (Å²) in [6.45, 7) is 6.54. The number of hydrazone groups is 1. The number of Topliss-reactive ketones (excluding diaryl/α,β-unsaturated/α-hetero) is 1. The summed E-state index contributed by atoms with van der Waals surface area (Å²) in [6.07, 6.45) is 9.75. The first-order chi connectivity index (χ1) is 30.1. The van der Waals surface area contributed by atoms with Crippen LogP contribution >= 0.6 is 0 Å². The number of carbonyl (C=O) groups is 8. The second-order valence-corrected chi connectivity index (χ2v) is 15.2. The molecule has 0 radical (unpaired) electrons. The van der Waals surface area contributed by atoms with Crippen LogP contribution in [0.25, 0.3) is 0 Å². The number of carbonyl (C=O) groups excluding carboxylic acids is 8. The molecular weight excluding hydrogens is 813 g/mol. The second-order valence-electron chi connectivity index (χ2n) is 15.2. The number of nitrogens with two attached hydrogens (primary N) is 1. The van der Waals surface area contributed by atoms with Crippen molar-refractivity contribution in [3.8, 4) is 0 Å². The van der Waals surface area contributed by atoms with Crippen molar-refractivity contribution in [3.63, 3.8) is 0 Å². The molecule has 2 aromatic rings. The number of nitrogens with one attached hydrogen (secondary N) is 7. The van der Waals surface area contributed by atoms with Gasteiger partial charge >= 0.3 is 0 Å². The van der Waals surface area contributed by atoms with E-state index in [2.05, 4.69) is 52.4 Å². The number of aromatic nitrogens is 1. The van der Waals surface area contributed by atoms with Gasteiger partial charge in [0.2, 0.25) is 29.5 Å². The minimum Gasteiger partial charge on any atom is -0.390 e. The van der Waals surface area contributed by atoms with Gasteiger partial charge in [0.05, 0.1) is 18.4 Å². The predicted molar refractivity (Wildman–Crippen MR) is 239 cm³/mol. The SMILES string of the molecule is C/C=C/C=N\Nc1ccc(C(=O)NCCCCCC(=O)Nc2cc3cc(c2)C(=O)NC(C(C)C)C(=O)N(C)[C@@H](CCCN=CN)C(=O)NCC(=O)N[C@@H](CC(C)=O)C(=O)NC3)cn1. The molecule has 1 aliphatic heterocycles. The Morgan fingerprint density at radius 2 is 1.75 bits per heavy atom. The van der Waals surface area contributed by atoms with Crippen molar-refractivity contribution in [1.82, 2.24) is 36.5 Å². The van der Waals surface area contributed by atoms with E-state index in [-0.39, 0.29) is 61.2 Å². The Labute approximate surface area is 367 Å². The average molecular weight is 873 g/mol. The number of rotatable bonds is 18. The number of likely N-dealkylation sites (N-methyl/N-ethyl adjacent to an activating group) is 1. The summed E-state index contributed by atoms with van der Waals surface area (Å²) in [7, 11) is 1.43. The summed E-state index contributed by atoms with van der Waals surface area (Å²) >= 11 is 0. The minimum absolute atomic E-state index is 0.0662. The van der Waals surface area contributed by atoms with E-state index in [1.54, 1.807) is 44.3 Å². The number of hydrogen-bond acceptors (Lipinski definition) is 12. The third-order valence-corrected chi connectivity index (χ3v) is 9.70. The number of amides is 7. The highest BCUT2D eigenvalue weighted by atomic mass is 16.2. The van der Waals surface area contributed by atoms with Crippen LogP contribution in [0, 0.1) is 5.92 Å². The number of hydrogen-bond donors (Lipinski definition) is 8. The normalized spacial score (nSPS) is 18.1. The van der Waals surface area contributed by atoms with Gasteiger partial charge in [0.15, 0.2) is 0 Å². The lowest BCUT2D eigenvalue weighted by molar-refractivity contribution is -0.141. The summed E-state index contributed by atoms with van der Waals surface area (Å²) in [4.78, 5) is 115. The Morgan fingerprint density at radius 1 is 0.984 bits per heavy atom. The van der Waals surface area contributed by atoms with E-state index < -0.39 is 60.1 Å². The van der Waals surface area contributed by atoms with Crippen LogP contribution in [-0.4, -0.2) is 114 Å². The molecule has 0 saturated heterocycles. The first-order valence-corrected chi connectivity index (χ1v) is 20.8. The zero-order chi connectivity index (χ0) is 46.3. The van der Waals surface area contributed by atoms with Gasteiger partial charge in [-0.15, -0.1) is 0 Å². The molecule has 0 fully saturated rings. The first-order valence-electron chi connectivity index (χ1n) is 20.8. The zero-order valence-electron chi connectivity index (χ0n) is 36.5. The Balaban J connectivity index is 1.76. The highest BCUT2D eigenvalue weighted by molar-refractivity contribution is 6.01. The zero-order valence-corrected chi connectivity index (χ0v) is 36.5. The van der Waals surface area contributed by atoms with Crippen LogP contribution in [0.2, 0.25) is 0 Å². The van der Waals surface area contributed by atoms with Gasteiger partial charge in [0, 0.05) is 63.2 Å². The topological polar surface area (TPSA) is 288 Å². The summed E-state index contributed by atoms with van der Waals surface area (Å²) in [5.41, 5.74) is 9.22. The Hall–Kier alpha value is -6.99. The lowest BCUT2D eigenvalue weighted by Crippen LogP contribution is -2.57. The molecule has 1 aromatic heterocycles. The van der Waals surface area contributed by atoms with Crippen LogP contribution in [-0.2, 0) is 35.3 Å². The molecule has 20 nitrogen and oxygen atoms in total. The lowest BCUT2D eigenvalue weighted by Gasteiger charge is -2.32. The van der Waals surface area contributed by atoms with E-state index >= 15 is 0 Å². The fourth-order valence-electron chi connectivity index (χ4n) is 6.34.